The molecule has 0 unspecified atom stereocenters. The van der Waals surface area contributed by atoms with Crippen LogP contribution in [0.5, 0.6) is 0 Å². The van der Waals surface area contributed by atoms with Crippen molar-refractivity contribution in [3.63, 3.8) is 0 Å². The molecule has 106 valence electrons. The van der Waals surface area contributed by atoms with Crippen molar-refractivity contribution in [2.45, 2.75) is 24.7 Å². The zero-order chi connectivity index (χ0) is 14.8. The number of nitrogens with zero attached hydrogens (tertiary/aromatic N) is 2. The van der Waals surface area contributed by atoms with E-state index in [1.165, 1.54) is 12.6 Å². The summed E-state index contributed by atoms with van der Waals surface area (Å²) in [4.78, 5) is 4.26. The highest BCUT2D eigenvalue weighted by Crippen LogP contribution is 2.25. The molecule has 0 saturated carbocycles. The van der Waals surface area contributed by atoms with Gasteiger partial charge in [0.05, 0.1) is 4.90 Å². The predicted molar refractivity (Wildman–Crippen MR) is 76.9 cm³/mol. The van der Waals surface area contributed by atoms with Crippen LogP contribution in [-0.4, -0.2) is 24.8 Å². The molecule has 0 aliphatic rings. The second-order valence-electron chi connectivity index (χ2n) is 4.85. The molecule has 0 aliphatic carbocycles. The van der Waals surface area contributed by atoms with Crippen LogP contribution < -0.4 is 0 Å². The van der Waals surface area contributed by atoms with Crippen molar-refractivity contribution < 1.29 is 12.9 Å². The number of sulfone groups is 1. The maximum absolute atomic E-state index is 11.8. The Morgan fingerprint density at radius 1 is 1.25 bits per heavy atom. The predicted octanol–water partition coefficient (Wildman–Crippen LogP) is 2.77. The van der Waals surface area contributed by atoms with Crippen LogP contribution in [0, 0.1) is 0 Å². The SMILES string of the molecule is CC(C)c1cc(C=Cc2ncon2)ccc1S(C)(=O)=O. The molecule has 0 aliphatic heterocycles. The average Bonchev–Trinajstić information content (AvgIpc) is 2.88. The lowest BCUT2D eigenvalue weighted by atomic mass is 10.0. The van der Waals surface area contributed by atoms with Gasteiger partial charge in [0, 0.05) is 6.26 Å². The normalized spacial score (nSPS) is 12.4. The maximum Gasteiger partial charge on any atom is 0.214 e. The van der Waals surface area contributed by atoms with Gasteiger partial charge in [0.25, 0.3) is 0 Å². The summed E-state index contributed by atoms with van der Waals surface area (Å²) in [5.74, 6) is 0.599. The first-order chi connectivity index (χ1) is 9.38. The van der Waals surface area contributed by atoms with Gasteiger partial charge in [0.15, 0.2) is 15.7 Å². The minimum absolute atomic E-state index is 0.123. The Hall–Kier alpha value is -1.95. The van der Waals surface area contributed by atoms with Crippen molar-refractivity contribution in [2.75, 3.05) is 6.26 Å². The second kappa shape index (κ2) is 5.58. The van der Waals surface area contributed by atoms with Crippen molar-refractivity contribution in [3.8, 4) is 0 Å². The maximum atomic E-state index is 11.8. The molecule has 0 radical (unpaired) electrons. The molecule has 0 amide bonds. The van der Waals surface area contributed by atoms with E-state index in [1.807, 2.05) is 26.0 Å². The molecule has 20 heavy (non-hydrogen) atoms. The minimum atomic E-state index is -3.22. The fourth-order valence-corrected chi connectivity index (χ4v) is 2.92. The molecule has 0 spiro atoms. The Morgan fingerprint density at radius 3 is 2.55 bits per heavy atom. The van der Waals surface area contributed by atoms with Crippen molar-refractivity contribution in [2.24, 2.45) is 0 Å². The molecule has 1 aromatic heterocycles. The standard InChI is InChI=1S/C14H16N2O3S/c1-10(2)12-8-11(4-6-13(12)20(3,17)18)5-7-14-15-9-19-16-14/h4-10H,1-3H3. The van der Waals surface area contributed by atoms with Gasteiger partial charge in [-0.3, -0.25) is 0 Å². The van der Waals surface area contributed by atoms with Gasteiger partial charge in [-0.2, -0.15) is 4.98 Å². The smallest absolute Gasteiger partial charge is 0.214 e. The Kier molecular flexibility index (Phi) is 4.04. The lowest BCUT2D eigenvalue weighted by Crippen LogP contribution is -2.04. The number of aromatic nitrogens is 2. The van der Waals surface area contributed by atoms with Crippen LogP contribution in [0.25, 0.3) is 12.2 Å². The third kappa shape index (κ3) is 3.33. The molecule has 0 saturated heterocycles. The van der Waals surface area contributed by atoms with E-state index in [1.54, 1.807) is 18.2 Å². The summed E-state index contributed by atoms with van der Waals surface area (Å²) >= 11 is 0. The summed E-state index contributed by atoms with van der Waals surface area (Å²) in [6, 6.07) is 5.27. The monoisotopic (exact) mass is 292 g/mol. The zero-order valence-corrected chi connectivity index (χ0v) is 12.4. The summed E-state index contributed by atoms with van der Waals surface area (Å²) in [6.45, 7) is 3.94. The van der Waals surface area contributed by atoms with Gasteiger partial charge in [-0.05, 0) is 29.2 Å². The molecule has 0 N–H and O–H groups in total. The molecular formula is C14H16N2O3S. The topological polar surface area (TPSA) is 73.1 Å². The molecule has 0 atom stereocenters. The molecule has 1 aromatic carbocycles. The third-order valence-corrected chi connectivity index (χ3v) is 4.03. The summed E-state index contributed by atoms with van der Waals surface area (Å²) < 4.78 is 28.2. The van der Waals surface area contributed by atoms with Crippen LogP contribution in [0.1, 0.15) is 36.7 Å². The van der Waals surface area contributed by atoms with Crippen molar-refractivity contribution in [1.29, 1.82) is 0 Å². The van der Waals surface area contributed by atoms with Crippen LogP contribution in [0.2, 0.25) is 0 Å². The van der Waals surface area contributed by atoms with Crippen molar-refractivity contribution in [1.82, 2.24) is 10.1 Å². The fraction of sp³-hybridized carbons (Fsp3) is 0.286. The molecule has 5 nitrogen and oxygen atoms in total. The number of rotatable bonds is 4. The summed E-state index contributed by atoms with van der Waals surface area (Å²) in [7, 11) is -3.22. The van der Waals surface area contributed by atoms with E-state index in [-0.39, 0.29) is 5.92 Å². The van der Waals surface area contributed by atoms with Gasteiger partial charge < -0.3 is 4.52 Å². The molecule has 2 aromatic rings. The molecule has 0 fully saturated rings. The molecule has 2 rings (SSSR count). The van der Waals surface area contributed by atoms with Gasteiger partial charge in [-0.25, -0.2) is 8.42 Å². The first-order valence-electron chi connectivity index (χ1n) is 6.16. The van der Waals surface area contributed by atoms with E-state index < -0.39 is 9.84 Å². The summed E-state index contributed by atoms with van der Waals surface area (Å²) in [6.07, 6.45) is 6.01. The van der Waals surface area contributed by atoms with E-state index in [0.29, 0.717) is 10.7 Å². The van der Waals surface area contributed by atoms with E-state index in [4.69, 9.17) is 0 Å². The van der Waals surface area contributed by atoms with Crippen molar-refractivity contribution >= 4 is 22.0 Å². The Bertz CT molecular complexity index is 717. The highest BCUT2D eigenvalue weighted by atomic mass is 32.2. The second-order valence-corrected chi connectivity index (χ2v) is 6.83. The lowest BCUT2D eigenvalue weighted by molar-refractivity contribution is 0.415. The van der Waals surface area contributed by atoms with E-state index in [9.17, 15) is 8.42 Å². The number of benzene rings is 1. The quantitative estimate of drug-likeness (QED) is 0.866. The lowest BCUT2D eigenvalue weighted by Gasteiger charge is -2.12. The van der Waals surface area contributed by atoms with Gasteiger partial charge in [0.2, 0.25) is 6.39 Å². The van der Waals surface area contributed by atoms with Crippen LogP contribution in [0.4, 0.5) is 0 Å². The first kappa shape index (κ1) is 14.5. The minimum Gasteiger partial charge on any atom is -0.342 e. The van der Waals surface area contributed by atoms with E-state index in [2.05, 4.69) is 14.7 Å². The van der Waals surface area contributed by atoms with Gasteiger partial charge in [-0.15, -0.1) is 0 Å². The third-order valence-electron chi connectivity index (χ3n) is 2.86. The number of hydrogen-bond acceptors (Lipinski definition) is 5. The molecule has 0 bridgehead atoms. The first-order valence-corrected chi connectivity index (χ1v) is 8.05. The molecule has 6 heteroatoms. The molecule has 1 heterocycles. The van der Waals surface area contributed by atoms with Gasteiger partial charge >= 0.3 is 0 Å². The Labute approximate surface area is 118 Å². The summed E-state index contributed by atoms with van der Waals surface area (Å²) in [5.41, 5.74) is 1.70. The largest absolute Gasteiger partial charge is 0.342 e. The number of hydrogen-bond donors (Lipinski definition) is 0. The van der Waals surface area contributed by atoms with Crippen LogP contribution in [0.15, 0.2) is 34.0 Å². The average molecular weight is 292 g/mol. The van der Waals surface area contributed by atoms with E-state index >= 15 is 0 Å². The van der Waals surface area contributed by atoms with Gasteiger partial charge in [0.1, 0.15) is 0 Å². The highest BCUT2D eigenvalue weighted by Gasteiger charge is 2.15. The Balaban J connectivity index is 2.41. The van der Waals surface area contributed by atoms with Gasteiger partial charge in [-0.1, -0.05) is 37.2 Å². The van der Waals surface area contributed by atoms with E-state index in [0.717, 1.165) is 11.1 Å². The summed E-state index contributed by atoms with van der Waals surface area (Å²) in [5, 5.41) is 3.68. The zero-order valence-electron chi connectivity index (χ0n) is 11.6. The highest BCUT2D eigenvalue weighted by molar-refractivity contribution is 7.90. The fourth-order valence-electron chi connectivity index (χ4n) is 1.88. The van der Waals surface area contributed by atoms with Crippen LogP contribution >= 0.6 is 0 Å². The van der Waals surface area contributed by atoms with Crippen molar-refractivity contribution in [3.05, 3.63) is 41.5 Å². The Morgan fingerprint density at radius 2 is 2.00 bits per heavy atom. The van der Waals surface area contributed by atoms with Crippen LogP contribution in [-0.2, 0) is 9.84 Å². The van der Waals surface area contributed by atoms with Crippen LogP contribution in [0.3, 0.4) is 0 Å². The molecular weight excluding hydrogens is 276 g/mol.